The smallest absolute Gasteiger partial charge is 0.339 e. The van der Waals surface area contributed by atoms with Gasteiger partial charge in [0.25, 0.3) is 0 Å². The van der Waals surface area contributed by atoms with E-state index in [0.717, 1.165) is 10.9 Å². The quantitative estimate of drug-likeness (QED) is 0.907. The maximum absolute atomic E-state index is 11.5. The highest BCUT2D eigenvalue weighted by Crippen LogP contribution is 2.25. The molecule has 104 valence electrons. The largest absolute Gasteiger partial charge is 0.478 e. The molecule has 0 amide bonds. The Morgan fingerprint density at radius 3 is 3.00 bits per heavy atom. The second kappa shape index (κ2) is 5.09. The summed E-state index contributed by atoms with van der Waals surface area (Å²) in [5, 5.41) is 10.3. The first-order chi connectivity index (χ1) is 9.65. The van der Waals surface area contributed by atoms with Gasteiger partial charge in [-0.2, -0.15) is 0 Å². The lowest BCUT2D eigenvalue weighted by Crippen LogP contribution is -2.42. The summed E-state index contributed by atoms with van der Waals surface area (Å²) in [4.78, 5) is 18.0. The van der Waals surface area contributed by atoms with Crippen molar-refractivity contribution in [2.75, 3.05) is 24.6 Å². The van der Waals surface area contributed by atoms with Crippen molar-refractivity contribution in [1.29, 1.82) is 0 Å². The minimum atomic E-state index is -0.947. The van der Waals surface area contributed by atoms with E-state index in [2.05, 4.69) is 4.98 Å². The van der Waals surface area contributed by atoms with Crippen LogP contribution in [-0.2, 0) is 4.74 Å². The van der Waals surface area contributed by atoms with Crippen molar-refractivity contribution in [2.45, 2.75) is 13.0 Å². The number of carbonyl (C=O) groups is 1. The van der Waals surface area contributed by atoms with E-state index in [1.165, 1.54) is 0 Å². The third-order valence-electron chi connectivity index (χ3n) is 3.47. The minimum Gasteiger partial charge on any atom is -0.478 e. The molecule has 1 fully saturated rings. The van der Waals surface area contributed by atoms with Gasteiger partial charge in [0.15, 0.2) is 0 Å². The molecule has 0 bridgehead atoms. The second-order valence-electron chi connectivity index (χ2n) is 4.98. The number of pyridine rings is 1. The predicted molar refractivity (Wildman–Crippen MR) is 76.3 cm³/mol. The normalized spacial score (nSPS) is 19.2. The molecule has 2 aromatic rings. The van der Waals surface area contributed by atoms with E-state index >= 15 is 0 Å². The lowest BCUT2D eigenvalue weighted by atomic mass is 10.1. The fourth-order valence-corrected chi connectivity index (χ4v) is 2.52. The number of carboxylic acid groups (broad SMARTS) is 1. The SMILES string of the molecule is CC1CN(c2nc3ccccc3cc2C(=O)O)CCO1. The Balaban J connectivity index is 2.11. The number of ether oxygens (including phenoxy) is 1. The van der Waals surface area contributed by atoms with Crippen molar-refractivity contribution >= 4 is 22.7 Å². The monoisotopic (exact) mass is 272 g/mol. The highest BCUT2D eigenvalue weighted by molar-refractivity contribution is 5.98. The van der Waals surface area contributed by atoms with Crippen LogP contribution in [0.1, 0.15) is 17.3 Å². The highest BCUT2D eigenvalue weighted by Gasteiger charge is 2.23. The van der Waals surface area contributed by atoms with Crippen LogP contribution in [0.4, 0.5) is 5.82 Å². The number of hydrogen-bond donors (Lipinski definition) is 1. The standard InChI is InChI=1S/C15H16N2O3/c1-10-9-17(6-7-20-10)14-12(15(18)19)8-11-4-2-3-5-13(11)16-14/h2-5,8,10H,6-7,9H2,1H3,(H,18,19). The van der Waals surface area contributed by atoms with Gasteiger partial charge in [0.2, 0.25) is 0 Å². The maximum Gasteiger partial charge on any atom is 0.339 e. The zero-order chi connectivity index (χ0) is 14.1. The molecule has 1 aromatic heterocycles. The summed E-state index contributed by atoms with van der Waals surface area (Å²) in [6.07, 6.45) is 0.0821. The number of benzene rings is 1. The highest BCUT2D eigenvalue weighted by atomic mass is 16.5. The van der Waals surface area contributed by atoms with Crippen LogP contribution in [0, 0.1) is 0 Å². The molecule has 5 heteroatoms. The van der Waals surface area contributed by atoms with Crippen molar-refractivity contribution in [2.24, 2.45) is 0 Å². The first kappa shape index (κ1) is 12.9. The molecule has 1 unspecified atom stereocenters. The van der Waals surface area contributed by atoms with E-state index < -0.39 is 5.97 Å². The van der Waals surface area contributed by atoms with Crippen molar-refractivity contribution in [3.05, 3.63) is 35.9 Å². The van der Waals surface area contributed by atoms with Gasteiger partial charge in [-0.05, 0) is 19.1 Å². The molecule has 1 aliphatic heterocycles. The van der Waals surface area contributed by atoms with Gasteiger partial charge in [-0.1, -0.05) is 18.2 Å². The van der Waals surface area contributed by atoms with Crippen molar-refractivity contribution in [3.8, 4) is 0 Å². The van der Waals surface area contributed by atoms with E-state index in [1.54, 1.807) is 6.07 Å². The molecular formula is C15H16N2O3. The van der Waals surface area contributed by atoms with Gasteiger partial charge in [0.1, 0.15) is 11.4 Å². The average molecular weight is 272 g/mol. The molecule has 3 rings (SSSR count). The molecule has 1 N–H and O–H groups in total. The molecule has 0 saturated carbocycles. The summed E-state index contributed by atoms with van der Waals surface area (Å²) in [6.45, 7) is 3.89. The van der Waals surface area contributed by atoms with Gasteiger partial charge in [-0.3, -0.25) is 0 Å². The number of para-hydroxylation sites is 1. The number of rotatable bonds is 2. The molecular weight excluding hydrogens is 256 g/mol. The first-order valence-corrected chi connectivity index (χ1v) is 6.65. The fraction of sp³-hybridized carbons (Fsp3) is 0.333. The Hall–Kier alpha value is -2.14. The van der Waals surface area contributed by atoms with Crippen molar-refractivity contribution in [1.82, 2.24) is 4.98 Å². The van der Waals surface area contributed by atoms with Gasteiger partial charge in [0.05, 0.1) is 18.2 Å². The van der Waals surface area contributed by atoms with E-state index in [0.29, 0.717) is 25.5 Å². The van der Waals surface area contributed by atoms with Crippen LogP contribution in [0.15, 0.2) is 30.3 Å². The van der Waals surface area contributed by atoms with Crippen LogP contribution in [0.5, 0.6) is 0 Å². The van der Waals surface area contributed by atoms with Crippen LogP contribution < -0.4 is 4.90 Å². The Morgan fingerprint density at radius 2 is 2.25 bits per heavy atom. The molecule has 1 aromatic carbocycles. The molecule has 0 radical (unpaired) electrons. The third kappa shape index (κ3) is 2.32. The number of aromatic nitrogens is 1. The number of nitrogens with zero attached hydrogens (tertiary/aromatic N) is 2. The number of carboxylic acids is 1. The summed E-state index contributed by atoms with van der Waals surface area (Å²) < 4.78 is 5.50. The summed E-state index contributed by atoms with van der Waals surface area (Å²) in [7, 11) is 0. The fourth-order valence-electron chi connectivity index (χ4n) is 2.52. The van der Waals surface area contributed by atoms with E-state index in [9.17, 15) is 9.90 Å². The average Bonchev–Trinajstić information content (AvgIpc) is 2.46. The van der Waals surface area contributed by atoms with Crippen LogP contribution in [0.3, 0.4) is 0 Å². The maximum atomic E-state index is 11.5. The summed E-state index contributed by atoms with van der Waals surface area (Å²) in [6, 6.07) is 9.25. The molecule has 1 saturated heterocycles. The Morgan fingerprint density at radius 1 is 1.45 bits per heavy atom. The second-order valence-corrected chi connectivity index (χ2v) is 4.98. The Bertz CT molecular complexity index is 657. The van der Waals surface area contributed by atoms with Gasteiger partial charge < -0.3 is 14.7 Å². The molecule has 5 nitrogen and oxygen atoms in total. The van der Waals surface area contributed by atoms with Crippen LogP contribution >= 0.6 is 0 Å². The molecule has 0 spiro atoms. The van der Waals surface area contributed by atoms with E-state index in [-0.39, 0.29) is 11.7 Å². The van der Waals surface area contributed by atoms with Gasteiger partial charge in [-0.25, -0.2) is 9.78 Å². The number of hydrogen-bond acceptors (Lipinski definition) is 4. The number of fused-ring (bicyclic) bond motifs is 1. The number of anilines is 1. The molecule has 0 aliphatic carbocycles. The van der Waals surface area contributed by atoms with Crippen molar-refractivity contribution < 1.29 is 14.6 Å². The first-order valence-electron chi connectivity index (χ1n) is 6.65. The zero-order valence-electron chi connectivity index (χ0n) is 11.2. The lowest BCUT2D eigenvalue weighted by molar-refractivity contribution is 0.0525. The molecule has 1 aliphatic rings. The summed E-state index contributed by atoms with van der Waals surface area (Å²) in [5.41, 5.74) is 1.06. The lowest BCUT2D eigenvalue weighted by Gasteiger charge is -2.32. The van der Waals surface area contributed by atoms with Gasteiger partial charge >= 0.3 is 5.97 Å². The number of aromatic carboxylic acids is 1. The Kier molecular flexibility index (Phi) is 3.28. The van der Waals surface area contributed by atoms with Gasteiger partial charge in [-0.15, -0.1) is 0 Å². The number of morpholine rings is 1. The molecule has 20 heavy (non-hydrogen) atoms. The Labute approximate surface area is 116 Å². The topological polar surface area (TPSA) is 62.7 Å². The molecule has 2 heterocycles. The van der Waals surface area contributed by atoms with Gasteiger partial charge in [0, 0.05) is 18.5 Å². The van der Waals surface area contributed by atoms with Crippen molar-refractivity contribution in [3.63, 3.8) is 0 Å². The minimum absolute atomic E-state index is 0.0821. The summed E-state index contributed by atoms with van der Waals surface area (Å²) >= 11 is 0. The van der Waals surface area contributed by atoms with Crippen LogP contribution in [-0.4, -0.2) is 41.9 Å². The zero-order valence-corrected chi connectivity index (χ0v) is 11.2. The molecule has 1 atom stereocenters. The van der Waals surface area contributed by atoms with Crippen LogP contribution in [0.25, 0.3) is 10.9 Å². The van der Waals surface area contributed by atoms with E-state index in [1.807, 2.05) is 36.1 Å². The van der Waals surface area contributed by atoms with Crippen LogP contribution in [0.2, 0.25) is 0 Å². The summed E-state index contributed by atoms with van der Waals surface area (Å²) in [5.74, 6) is -0.413. The van der Waals surface area contributed by atoms with E-state index in [4.69, 9.17) is 4.74 Å². The third-order valence-corrected chi connectivity index (χ3v) is 3.47. The predicted octanol–water partition coefficient (Wildman–Crippen LogP) is 2.16.